The van der Waals surface area contributed by atoms with Crippen LogP contribution in [0.15, 0.2) is 53.7 Å². The van der Waals surface area contributed by atoms with Gasteiger partial charge in [-0.2, -0.15) is 0 Å². The average Bonchev–Trinajstić information content (AvgIpc) is 2.56. The maximum Gasteiger partial charge on any atom is 0.256 e. The van der Waals surface area contributed by atoms with Gasteiger partial charge in [0.2, 0.25) is 0 Å². The number of nitrogens with two attached hydrogens (primary N) is 1. The van der Waals surface area contributed by atoms with E-state index in [2.05, 4.69) is 22.2 Å². The lowest BCUT2D eigenvalue weighted by Gasteiger charge is -2.30. The quantitative estimate of drug-likeness (QED) is 0.908. The number of nitrogens with one attached hydrogen (secondary N) is 1. The Kier molecular flexibility index (Phi) is 4.34. The van der Waals surface area contributed by atoms with Crippen molar-refractivity contribution < 1.29 is 4.79 Å². The third kappa shape index (κ3) is 3.53. The average molecular weight is 326 g/mol. The molecule has 1 aliphatic heterocycles. The number of hydrogen-bond donors (Lipinski definition) is 2. The van der Waals surface area contributed by atoms with Crippen LogP contribution in [0.3, 0.4) is 0 Å². The summed E-state index contributed by atoms with van der Waals surface area (Å²) in [5.41, 5.74) is 7.07. The Balaban J connectivity index is 1.85. The minimum Gasteiger partial charge on any atom is -0.379 e. The molecular weight excluding hydrogens is 308 g/mol. The number of anilines is 1. The zero-order valence-corrected chi connectivity index (χ0v) is 13.6. The van der Waals surface area contributed by atoms with Gasteiger partial charge in [-0.3, -0.25) is 9.79 Å². The van der Waals surface area contributed by atoms with Crippen molar-refractivity contribution in [2.24, 2.45) is 10.7 Å². The molecule has 1 aliphatic rings. The third-order valence-corrected chi connectivity index (χ3v) is 4.64. The van der Waals surface area contributed by atoms with Gasteiger partial charge >= 0.3 is 0 Å². The summed E-state index contributed by atoms with van der Waals surface area (Å²) in [5.74, 6) is 1.28. The van der Waals surface area contributed by atoms with E-state index in [1.54, 1.807) is 36.2 Å². The second-order valence-corrected chi connectivity index (χ2v) is 6.69. The number of amides is 1. The van der Waals surface area contributed by atoms with E-state index in [1.165, 1.54) is 0 Å². The molecule has 1 aromatic carbocycles. The minimum atomic E-state index is -0.378. The molecule has 1 aromatic heterocycles. The van der Waals surface area contributed by atoms with Gasteiger partial charge in [0.1, 0.15) is 5.82 Å². The SMILES string of the molecule is CC1(c2cccc(C(=O)Nc3ccccn3)c2)CCSC(N)=N1. The van der Waals surface area contributed by atoms with Gasteiger partial charge in [-0.15, -0.1) is 0 Å². The number of carbonyl (C=O) groups excluding carboxylic acids is 1. The predicted molar refractivity (Wildman–Crippen MR) is 94.7 cm³/mol. The molecule has 0 fully saturated rings. The van der Waals surface area contributed by atoms with Gasteiger partial charge in [0.15, 0.2) is 5.17 Å². The number of nitrogens with zero attached hydrogens (tertiary/aromatic N) is 2. The zero-order chi connectivity index (χ0) is 16.3. The summed E-state index contributed by atoms with van der Waals surface area (Å²) < 4.78 is 0. The van der Waals surface area contributed by atoms with Crippen molar-refractivity contribution in [3.05, 3.63) is 59.8 Å². The van der Waals surface area contributed by atoms with Crippen LogP contribution in [0.2, 0.25) is 0 Å². The number of pyridine rings is 1. The Bertz CT molecular complexity index is 747. The first-order valence-electron chi connectivity index (χ1n) is 7.38. The number of amidine groups is 1. The molecule has 1 amide bonds. The van der Waals surface area contributed by atoms with E-state index in [1.807, 2.05) is 24.3 Å². The van der Waals surface area contributed by atoms with Crippen LogP contribution in [0.4, 0.5) is 5.82 Å². The number of carbonyl (C=O) groups is 1. The molecule has 0 saturated heterocycles. The first-order chi connectivity index (χ1) is 11.1. The molecule has 0 bridgehead atoms. The summed E-state index contributed by atoms with van der Waals surface area (Å²) in [7, 11) is 0. The molecule has 0 aliphatic carbocycles. The van der Waals surface area contributed by atoms with E-state index in [0.29, 0.717) is 16.5 Å². The molecule has 1 unspecified atom stereocenters. The van der Waals surface area contributed by atoms with Gasteiger partial charge in [-0.1, -0.05) is 30.0 Å². The fourth-order valence-corrected chi connectivity index (χ4v) is 3.49. The molecule has 5 nitrogen and oxygen atoms in total. The van der Waals surface area contributed by atoms with E-state index in [4.69, 9.17) is 5.73 Å². The van der Waals surface area contributed by atoms with Gasteiger partial charge in [0, 0.05) is 17.5 Å². The van der Waals surface area contributed by atoms with E-state index < -0.39 is 0 Å². The van der Waals surface area contributed by atoms with Crippen LogP contribution >= 0.6 is 11.8 Å². The number of rotatable bonds is 3. The molecule has 6 heteroatoms. The van der Waals surface area contributed by atoms with Crippen LogP contribution in [0.25, 0.3) is 0 Å². The van der Waals surface area contributed by atoms with Crippen molar-refractivity contribution in [1.29, 1.82) is 0 Å². The molecule has 0 saturated carbocycles. The Hall–Kier alpha value is -2.34. The standard InChI is InChI=1S/C17H18N4OS/c1-17(8-10-23-16(18)21-17)13-6-4-5-12(11-13)15(22)20-14-7-2-3-9-19-14/h2-7,9,11H,8,10H2,1H3,(H2,18,21)(H,19,20,22). The second-order valence-electron chi connectivity index (χ2n) is 5.57. The van der Waals surface area contributed by atoms with Crippen molar-refractivity contribution in [2.75, 3.05) is 11.1 Å². The maximum absolute atomic E-state index is 12.4. The van der Waals surface area contributed by atoms with E-state index in [0.717, 1.165) is 17.7 Å². The highest BCUT2D eigenvalue weighted by Crippen LogP contribution is 2.35. The van der Waals surface area contributed by atoms with Crippen molar-refractivity contribution in [1.82, 2.24) is 4.98 Å². The Morgan fingerprint density at radius 3 is 2.91 bits per heavy atom. The molecule has 3 rings (SSSR count). The molecule has 3 N–H and O–H groups in total. The predicted octanol–water partition coefficient (Wildman–Crippen LogP) is 3.00. The first-order valence-corrected chi connectivity index (χ1v) is 8.36. The summed E-state index contributed by atoms with van der Waals surface area (Å²) in [6, 6.07) is 12.9. The van der Waals surface area contributed by atoms with Crippen LogP contribution in [0.5, 0.6) is 0 Å². The lowest BCUT2D eigenvalue weighted by atomic mass is 9.88. The summed E-state index contributed by atoms with van der Waals surface area (Å²) in [6.07, 6.45) is 2.54. The summed E-state index contributed by atoms with van der Waals surface area (Å²) >= 11 is 1.57. The van der Waals surface area contributed by atoms with E-state index >= 15 is 0 Å². The Morgan fingerprint density at radius 1 is 1.30 bits per heavy atom. The molecule has 0 radical (unpaired) electrons. The maximum atomic E-state index is 12.4. The Morgan fingerprint density at radius 2 is 2.17 bits per heavy atom. The normalized spacial score (nSPS) is 20.7. The molecule has 2 heterocycles. The number of hydrogen-bond acceptors (Lipinski definition) is 5. The number of aromatic nitrogens is 1. The number of aliphatic imine (C=N–C) groups is 1. The molecule has 23 heavy (non-hydrogen) atoms. The molecule has 2 aromatic rings. The molecule has 0 spiro atoms. The number of benzene rings is 1. The monoisotopic (exact) mass is 326 g/mol. The van der Waals surface area contributed by atoms with Crippen LogP contribution in [-0.4, -0.2) is 21.8 Å². The van der Waals surface area contributed by atoms with Gasteiger partial charge in [-0.05, 0) is 43.2 Å². The smallest absolute Gasteiger partial charge is 0.256 e. The van der Waals surface area contributed by atoms with Crippen LogP contribution in [0, 0.1) is 0 Å². The summed E-state index contributed by atoms with van der Waals surface area (Å²) in [5, 5.41) is 3.39. The van der Waals surface area contributed by atoms with Crippen molar-refractivity contribution in [2.45, 2.75) is 18.9 Å². The highest BCUT2D eigenvalue weighted by atomic mass is 32.2. The lowest BCUT2D eigenvalue weighted by Crippen LogP contribution is -2.29. The van der Waals surface area contributed by atoms with Gasteiger partial charge in [-0.25, -0.2) is 4.98 Å². The summed E-state index contributed by atoms with van der Waals surface area (Å²) in [4.78, 5) is 21.1. The van der Waals surface area contributed by atoms with Gasteiger partial charge in [0.25, 0.3) is 5.91 Å². The van der Waals surface area contributed by atoms with Crippen molar-refractivity contribution in [3.8, 4) is 0 Å². The van der Waals surface area contributed by atoms with Gasteiger partial charge in [0.05, 0.1) is 5.54 Å². The lowest BCUT2D eigenvalue weighted by molar-refractivity contribution is 0.102. The topological polar surface area (TPSA) is 80.4 Å². The van der Waals surface area contributed by atoms with E-state index in [9.17, 15) is 4.79 Å². The first kappa shape index (κ1) is 15.6. The van der Waals surface area contributed by atoms with Crippen LogP contribution < -0.4 is 11.1 Å². The minimum absolute atomic E-state index is 0.184. The van der Waals surface area contributed by atoms with Crippen molar-refractivity contribution >= 4 is 28.7 Å². The second kappa shape index (κ2) is 6.42. The highest BCUT2D eigenvalue weighted by Gasteiger charge is 2.29. The van der Waals surface area contributed by atoms with Gasteiger partial charge < -0.3 is 11.1 Å². The van der Waals surface area contributed by atoms with E-state index in [-0.39, 0.29) is 11.4 Å². The highest BCUT2D eigenvalue weighted by molar-refractivity contribution is 8.13. The van der Waals surface area contributed by atoms with Crippen LogP contribution in [-0.2, 0) is 5.54 Å². The summed E-state index contributed by atoms with van der Waals surface area (Å²) in [6.45, 7) is 2.05. The van der Waals surface area contributed by atoms with Crippen molar-refractivity contribution in [3.63, 3.8) is 0 Å². The fourth-order valence-electron chi connectivity index (χ4n) is 2.52. The molecule has 118 valence electrons. The number of thioether (sulfide) groups is 1. The largest absolute Gasteiger partial charge is 0.379 e. The zero-order valence-electron chi connectivity index (χ0n) is 12.8. The third-order valence-electron chi connectivity index (χ3n) is 3.85. The molecule has 1 atom stereocenters. The Labute approximate surface area is 139 Å². The molecular formula is C17H18N4OS. The van der Waals surface area contributed by atoms with Crippen LogP contribution in [0.1, 0.15) is 29.3 Å². The fraction of sp³-hybridized carbons (Fsp3) is 0.235.